The van der Waals surface area contributed by atoms with Crippen molar-refractivity contribution in [3.63, 3.8) is 0 Å². The highest BCUT2D eigenvalue weighted by molar-refractivity contribution is 9.09. The monoisotopic (exact) mass is 237 g/mol. The first-order chi connectivity index (χ1) is 6.40. The van der Waals surface area contributed by atoms with Gasteiger partial charge in [0.25, 0.3) is 0 Å². The molecule has 1 heterocycles. The van der Waals surface area contributed by atoms with Gasteiger partial charge >= 0.3 is 0 Å². The number of benzene rings is 1. The number of rotatable bonds is 2. The van der Waals surface area contributed by atoms with E-state index in [9.17, 15) is 0 Å². The summed E-state index contributed by atoms with van der Waals surface area (Å²) in [6, 6.07) is 9.99. The van der Waals surface area contributed by atoms with E-state index in [4.69, 9.17) is 4.74 Å². The average molecular weight is 238 g/mol. The first kappa shape index (κ1) is 8.51. The third-order valence-electron chi connectivity index (χ3n) is 1.81. The summed E-state index contributed by atoms with van der Waals surface area (Å²) in [5, 5.41) is 2.28. The van der Waals surface area contributed by atoms with Gasteiger partial charge in [0, 0.05) is 17.6 Å². The Bertz CT molecular complexity index is 416. The molecular formula is C10H8BrNO. The van der Waals surface area contributed by atoms with Crippen LogP contribution in [-0.2, 0) is 0 Å². The normalized spacial score (nSPS) is 10.2. The average Bonchev–Trinajstić information content (AvgIpc) is 2.18. The maximum Gasteiger partial charge on any atom is 0.214 e. The van der Waals surface area contributed by atoms with Gasteiger partial charge in [-0.05, 0) is 21.3 Å². The number of ether oxygens (including phenoxy) is 1. The third-order valence-corrected chi connectivity index (χ3v) is 2.04. The summed E-state index contributed by atoms with van der Waals surface area (Å²) in [6.45, 7) is 0. The van der Waals surface area contributed by atoms with E-state index in [1.54, 1.807) is 0 Å². The topological polar surface area (TPSA) is 22.1 Å². The second kappa shape index (κ2) is 3.75. The molecule has 2 aromatic rings. The minimum absolute atomic E-state index is 0.471. The van der Waals surface area contributed by atoms with Crippen molar-refractivity contribution in [1.82, 2.24) is 4.98 Å². The standard InChI is InChI=1S/C10H8BrNO/c11-7-13-10-5-8-3-1-2-4-9(8)6-12-10/h1-6H,7H2. The fourth-order valence-corrected chi connectivity index (χ4v) is 1.43. The summed E-state index contributed by atoms with van der Waals surface area (Å²) in [7, 11) is 0. The van der Waals surface area contributed by atoms with Gasteiger partial charge in [-0.25, -0.2) is 4.98 Å². The third kappa shape index (κ3) is 1.80. The Labute approximate surface area is 84.7 Å². The molecule has 0 fully saturated rings. The highest BCUT2D eigenvalue weighted by atomic mass is 79.9. The fourth-order valence-electron chi connectivity index (χ4n) is 1.20. The van der Waals surface area contributed by atoms with Crippen molar-refractivity contribution >= 4 is 26.7 Å². The lowest BCUT2D eigenvalue weighted by Gasteiger charge is -2.01. The zero-order valence-corrected chi connectivity index (χ0v) is 8.49. The van der Waals surface area contributed by atoms with Crippen LogP contribution in [0.1, 0.15) is 0 Å². The van der Waals surface area contributed by atoms with Crippen LogP contribution in [0.4, 0.5) is 0 Å². The van der Waals surface area contributed by atoms with Gasteiger partial charge in [-0.15, -0.1) is 0 Å². The van der Waals surface area contributed by atoms with Gasteiger partial charge in [-0.3, -0.25) is 0 Å². The molecule has 0 spiro atoms. The number of nitrogens with zero attached hydrogens (tertiary/aromatic N) is 1. The Kier molecular flexibility index (Phi) is 2.45. The summed E-state index contributed by atoms with van der Waals surface area (Å²) >= 11 is 3.19. The minimum Gasteiger partial charge on any atom is -0.466 e. The van der Waals surface area contributed by atoms with Gasteiger partial charge in [-0.1, -0.05) is 24.3 Å². The van der Waals surface area contributed by atoms with Gasteiger partial charge in [0.2, 0.25) is 5.88 Å². The molecule has 2 rings (SSSR count). The van der Waals surface area contributed by atoms with Crippen molar-refractivity contribution in [1.29, 1.82) is 0 Å². The second-order valence-corrected chi connectivity index (χ2v) is 3.08. The van der Waals surface area contributed by atoms with Crippen LogP contribution in [0.3, 0.4) is 0 Å². The molecule has 0 N–H and O–H groups in total. The van der Waals surface area contributed by atoms with Crippen LogP contribution in [0, 0.1) is 0 Å². The van der Waals surface area contributed by atoms with E-state index >= 15 is 0 Å². The summed E-state index contributed by atoms with van der Waals surface area (Å²) in [6.07, 6.45) is 1.81. The predicted molar refractivity (Wildman–Crippen MR) is 56.2 cm³/mol. The Morgan fingerprint density at radius 3 is 2.77 bits per heavy atom. The minimum atomic E-state index is 0.471. The number of aromatic nitrogens is 1. The van der Waals surface area contributed by atoms with Gasteiger partial charge in [0.1, 0.15) is 5.52 Å². The van der Waals surface area contributed by atoms with Crippen LogP contribution in [0.25, 0.3) is 10.8 Å². The lowest BCUT2D eigenvalue weighted by molar-refractivity contribution is 0.382. The van der Waals surface area contributed by atoms with E-state index < -0.39 is 0 Å². The maximum absolute atomic E-state index is 5.22. The van der Waals surface area contributed by atoms with Crippen LogP contribution in [0.15, 0.2) is 36.5 Å². The van der Waals surface area contributed by atoms with E-state index in [0.29, 0.717) is 11.4 Å². The lowest BCUT2D eigenvalue weighted by atomic mass is 10.2. The summed E-state index contributed by atoms with van der Waals surface area (Å²) in [5.74, 6) is 0.649. The molecule has 0 radical (unpaired) electrons. The molecule has 0 bridgehead atoms. The summed E-state index contributed by atoms with van der Waals surface area (Å²) in [4.78, 5) is 4.14. The van der Waals surface area contributed by atoms with E-state index in [1.165, 1.54) is 0 Å². The van der Waals surface area contributed by atoms with Crippen molar-refractivity contribution in [3.05, 3.63) is 36.5 Å². The van der Waals surface area contributed by atoms with E-state index in [2.05, 4.69) is 20.9 Å². The van der Waals surface area contributed by atoms with E-state index in [0.717, 1.165) is 10.8 Å². The molecule has 0 unspecified atom stereocenters. The largest absolute Gasteiger partial charge is 0.466 e. The van der Waals surface area contributed by atoms with Crippen LogP contribution in [0.5, 0.6) is 5.88 Å². The lowest BCUT2D eigenvalue weighted by Crippen LogP contribution is -1.90. The number of hydrogen-bond donors (Lipinski definition) is 0. The van der Waals surface area contributed by atoms with E-state index in [-0.39, 0.29) is 0 Å². The number of fused-ring (bicyclic) bond motifs is 1. The zero-order valence-electron chi connectivity index (χ0n) is 6.90. The molecule has 0 saturated heterocycles. The van der Waals surface area contributed by atoms with Gasteiger partial charge < -0.3 is 4.74 Å². The molecular weight excluding hydrogens is 230 g/mol. The second-order valence-electron chi connectivity index (χ2n) is 2.62. The molecule has 2 nitrogen and oxygen atoms in total. The number of halogens is 1. The number of pyridine rings is 1. The van der Waals surface area contributed by atoms with Gasteiger partial charge in [0.15, 0.2) is 0 Å². The molecule has 13 heavy (non-hydrogen) atoms. The van der Waals surface area contributed by atoms with Crippen molar-refractivity contribution in [2.45, 2.75) is 0 Å². The highest BCUT2D eigenvalue weighted by Crippen LogP contribution is 2.17. The smallest absolute Gasteiger partial charge is 0.214 e. The van der Waals surface area contributed by atoms with Crippen molar-refractivity contribution in [3.8, 4) is 5.88 Å². The number of alkyl halides is 1. The SMILES string of the molecule is BrCOc1cc2ccccc2cn1. The molecule has 1 aromatic carbocycles. The maximum atomic E-state index is 5.22. The molecule has 0 aliphatic heterocycles. The van der Waals surface area contributed by atoms with Crippen molar-refractivity contribution in [2.75, 3.05) is 5.52 Å². The first-order valence-electron chi connectivity index (χ1n) is 3.94. The summed E-state index contributed by atoms with van der Waals surface area (Å²) < 4.78 is 5.22. The zero-order chi connectivity index (χ0) is 9.10. The van der Waals surface area contributed by atoms with Crippen LogP contribution >= 0.6 is 15.9 Å². The molecule has 0 aliphatic rings. The highest BCUT2D eigenvalue weighted by Gasteiger charge is 1.96. The Hall–Kier alpha value is -1.09. The quantitative estimate of drug-likeness (QED) is 0.750. The molecule has 1 aromatic heterocycles. The Morgan fingerprint density at radius 2 is 2.00 bits per heavy atom. The van der Waals surface area contributed by atoms with Crippen molar-refractivity contribution in [2.24, 2.45) is 0 Å². The van der Waals surface area contributed by atoms with Gasteiger partial charge in [0.05, 0.1) is 0 Å². The van der Waals surface area contributed by atoms with Crippen LogP contribution in [-0.4, -0.2) is 10.5 Å². The molecule has 0 saturated carbocycles. The number of hydrogen-bond acceptors (Lipinski definition) is 2. The Morgan fingerprint density at radius 1 is 1.23 bits per heavy atom. The van der Waals surface area contributed by atoms with E-state index in [1.807, 2.05) is 36.5 Å². The van der Waals surface area contributed by atoms with Crippen LogP contribution in [0.2, 0.25) is 0 Å². The fraction of sp³-hybridized carbons (Fsp3) is 0.100. The predicted octanol–water partition coefficient (Wildman–Crippen LogP) is 2.97. The van der Waals surface area contributed by atoms with Gasteiger partial charge in [-0.2, -0.15) is 0 Å². The Balaban J connectivity index is 2.49. The molecule has 3 heteroatoms. The van der Waals surface area contributed by atoms with Crippen LogP contribution < -0.4 is 4.74 Å². The molecule has 66 valence electrons. The first-order valence-corrected chi connectivity index (χ1v) is 5.06. The molecule has 0 aliphatic carbocycles. The molecule has 0 amide bonds. The summed E-state index contributed by atoms with van der Waals surface area (Å²) in [5.41, 5.74) is 0.471. The molecule has 0 atom stereocenters. The van der Waals surface area contributed by atoms with Crippen molar-refractivity contribution < 1.29 is 4.74 Å².